The van der Waals surface area contributed by atoms with E-state index in [1.807, 2.05) is 6.92 Å². The highest BCUT2D eigenvalue weighted by Crippen LogP contribution is 2.19. The third-order valence-corrected chi connectivity index (χ3v) is 4.33. The maximum Gasteiger partial charge on any atom is 0.409 e. The van der Waals surface area contributed by atoms with Crippen LogP contribution in [0.5, 0.6) is 0 Å². The summed E-state index contributed by atoms with van der Waals surface area (Å²) >= 11 is 0. The van der Waals surface area contributed by atoms with E-state index >= 15 is 0 Å². The Morgan fingerprint density at radius 3 is 2.74 bits per heavy atom. The van der Waals surface area contributed by atoms with E-state index in [1.165, 1.54) is 12.8 Å². The zero-order valence-electron chi connectivity index (χ0n) is 13.6. The first-order chi connectivity index (χ1) is 11.3. The van der Waals surface area contributed by atoms with E-state index in [1.54, 1.807) is 11.1 Å². The minimum atomic E-state index is -0.222. The Balaban J connectivity index is 1.52. The number of anilines is 2. The highest BCUT2D eigenvalue weighted by Gasteiger charge is 2.24. The fourth-order valence-electron chi connectivity index (χ4n) is 3.06. The number of ether oxygens (including phenoxy) is 1. The van der Waals surface area contributed by atoms with Crippen molar-refractivity contribution >= 4 is 17.9 Å². The van der Waals surface area contributed by atoms with Gasteiger partial charge in [0.2, 0.25) is 5.95 Å². The van der Waals surface area contributed by atoms with Crippen LogP contribution in [0.3, 0.4) is 0 Å². The van der Waals surface area contributed by atoms with Gasteiger partial charge in [-0.25, -0.2) is 4.79 Å². The highest BCUT2D eigenvalue weighted by molar-refractivity contribution is 5.67. The molecule has 0 atom stereocenters. The lowest BCUT2D eigenvalue weighted by molar-refractivity contribution is 0.0983. The van der Waals surface area contributed by atoms with E-state index < -0.39 is 0 Å². The molecule has 0 saturated carbocycles. The molecule has 1 aromatic rings. The molecule has 2 saturated heterocycles. The molecule has 1 N–H and O–H groups in total. The van der Waals surface area contributed by atoms with Crippen LogP contribution in [0.1, 0.15) is 32.6 Å². The quantitative estimate of drug-likeness (QED) is 0.900. The molecule has 8 nitrogen and oxygen atoms in total. The Morgan fingerprint density at radius 1 is 1.30 bits per heavy atom. The lowest BCUT2D eigenvalue weighted by atomic mass is 10.1. The van der Waals surface area contributed by atoms with Gasteiger partial charge in [-0.1, -0.05) is 0 Å². The van der Waals surface area contributed by atoms with Gasteiger partial charge in [-0.15, -0.1) is 5.10 Å². The fourth-order valence-corrected chi connectivity index (χ4v) is 3.06. The molecule has 126 valence electrons. The molecule has 3 heterocycles. The predicted molar refractivity (Wildman–Crippen MR) is 86.5 cm³/mol. The van der Waals surface area contributed by atoms with Crippen LogP contribution in [0.4, 0.5) is 16.6 Å². The van der Waals surface area contributed by atoms with Crippen LogP contribution in [0.25, 0.3) is 0 Å². The van der Waals surface area contributed by atoms with Crippen molar-refractivity contribution in [2.24, 2.45) is 0 Å². The van der Waals surface area contributed by atoms with Gasteiger partial charge in [-0.05, 0) is 32.6 Å². The average molecular weight is 320 g/mol. The van der Waals surface area contributed by atoms with Crippen molar-refractivity contribution < 1.29 is 9.53 Å². The molecule has 1 amide bonds. The summed E-state index contributed by atoms with van der Waals surface area (Å²) in [5.41, 5.74) is 0. The number of aromatic nitrogens is 3. The number of carbonyl (C=O) groups is 1. The van der Waals surface area contributed by atoms with Crippen LogP contribution in [-0.4, -0.2) is 65.0 Å². The molecule has 1 aromatic heterocycles. The van der Waals surface area contributed by atoms with Gasteiger partial charge in [0.15, 0.2) is 5.82 Å². The van der Waals surface area contributed by atoms with Gasteiger partial charge >= 0.3 is 6.09 Å². The molecule has 2 fully saturated rings. The molecule has 2 aliphatic heterocycles. The molecule has 0 radical (unpaired) electrons. The van der Waals surface area contributed by atoms with Crippen molar-refractivity contribution in [3.8, 4) is 0 Å². The third-order valence-electron chi connectivity index (χ3n) is 4.33. The van der Waals surface area contributed by atoms with Crippen LogP contribution < -0.4 is 10.2 Å². The Kier molecular flexibility index (Phi) is 5.09. The average Bonchev–Trinajstić information content (AvgIpc) is 3.11. The summed E-state index contributed by atoms with van der Waals surface area (Å²) in [5.74, 6) is 1.47. The SMILES string of the molecule is CCOC(=O)N1CCC(Nc2nncc(N3CCCC3)n2)CC1. The standard InChI is InChI=1S/C15H24N6O2/c1-2-23-15(22)21-9-5-12(6-10-21)17-14-18-13(11-16-19-14)20-7-3-4-8-20/h11-12H,2-10H2,1H3,(H,17,18,19). The van der Waals surface area contributed by atoms with Crippen LogP contribution in [0.15, 0.2) is 6.20 Å². The Labute approximate surface area is 136 Å². The third kappa shape index (κ3) is 4.00. The number of hydrogen-bond acceptors (Lipinski definition) is 7. The second-order valence-electron chi connectivity index (χ2n) is 5.94. The van der Waals surface area contributed by atoms with Gasteiger partial charge in [0.1, 0.15) is 0 Å². The Morgan fingerprint density at radius 2 is 2.04 bits per heavy atom. The minimum absolute atomic E-state index is 0.222. The van der Waals surface area contributed by atoms with Gasteiger partial charge in [0.05, 0.1) is 12.8 Å². The number of rotatable bonds is 4. The monoisotopic (exact) mass is 320 g/mol. The molecule has 0 unspecified atom stereocenters. The molecule has 2 aliphatic rings. The molecule has 3 rings (SSSR count). The second kappa shape index (κ2) is 7.43. The molecule has 0 bridgehead atoms. The number of likely N-dealkylation sites (tertiary alicyclic amines) is 1. The number of nitrogens with one attached hydrogen (secondary N) is 1. The van der Waals surface area contributed by atoms with Crippen molar-refractivity contribution in [2.75, 3.05) is 43.0 Å². The first-order valence-electron chi connectivity index (χ1n) is 8.39. The van der Waals surface area contributed by atoms with E-state index in [2.05, 4.69) is 25.4 Å². The molecule has 0 spiro atoms. The van der Waals surface area contributed by atoms with Gasteiger partial charge in [0.25, 0.3) is 0 Å². The Hall–Kier alpha value is -2.12. The minimum Gasteiger partial charge on any atom is -0.450 e. The fraction of sp³-hybridized carbons (Fsp3) is 0.733. The van der Waals surface area contributed by atoms with Gasteiger partial charge < -0.3 is 19.9 Å². The summed E-state index contributed by atoms with van der Waals surface area (Å²) in [6.07, 6.45) is 5.63. The molecular formula is C15H24N6O2. The van der Waals surface area contributed by atoms with Crippen LogP contribution in [-0.2, 0) is 4.74 Å². The predicted octanol–water partition coefficient (Wildman–Crippen LogP) is 1.50. The first-order valence-corrected chi connectivity index (χ1v) is 8.39. The van der Waals surface area contributed by atoms with E-state index in [-0.39, 0.29) is 12.1 Å². The molecule has 0 aliphatic carbocycles. The summed E-state index contributed by atoms with van der Waals surface area (Å²) in [4.78, 5) is 20.3. The molecule has 0 aromatic carbocycles. The second-order valence-corrected chi connectivity index (χ2v) is 5.94. The lowest BCUT2D eigenvalue weighted by Crippen LogP contribution is -2.42. The number of carbonyl (C=O) groups excluding carboxylic acids is 1. The summed E-state index contributed by atoms with van der Waals surface area (Å²) < 4.78 is 5.03. The van der Waals surface area contributed by atoms with Crippen molar-refractivity contribution in [1.82, 2.24) is 20.1 Å². The van der Waals surface area contributed by atoms with Crippen LogP contribution >= 0.6 is 0 Å². The normalized spacial score (nSPS) is 19.0. The lowest BCUT2D eigenvalue weighted by Gasteiger charge is -2.31. The molecule has 8 heteroatoms. The van der Waals surface area contributed by atoms with Crippen LogP contribution in [0, 0.1) is 0 Å². The summed E-state index contributed by atoms with van der Waals surface area (Å²) in [6.45, 7) is 5.70. The first kappa shape index (κ1) is 15.8. The topological polar surface area (TPSA) is 83.5 Å². The largest absolute Gasteiger partial charge is 0.450 e. The van der Waals surface area contributed by atoms with E-state index in [4.69, 9.17) is 4.74 Å². The van der Waals surface area contributed by atoms with Crippen molar-refractivity contribution in [1.29, 1.82) is 0 Å². The van der Waals surface area contributed by atoms with Crippen molar-refractivity contribution in [3.05, 3.63) is 6.20 Å². The van der Waals surface area contributed by atoms with Crippen LogP contribution in [0.2, 0.25) is 0 Å². The number of nitrogens with zero attached hydrogens (tertiary/aromatic N) is 5. The zero-order chi connectivity index (χ0) is 16.1. The maximum atomic E-state index is 11.7. The Bertz CT molecular complexity index is 526. The smallest absolute Gasteiger partial charge is 0.409 e. The summed E-state index contributed by atoms with van der Waals surface area (Å²) in [7, 11) is 0. The maximum absolute atomic E-state index is 11.7. The van der Waals surface area contributed by atoms with Crippen molar-refractivity contribution in [2.45, 2.75) is 38.6 Å². The highest BCUT2D eigenvalue weighted by atomic mass is 16.6. The van der Waals surface area contributed by atoms with Crippen molar-refractivity contribution in [3.63, 3.8) is 0 Å². The number of amides is 1. The summed E-state index contributed by atoms with van der Waals surface area (Å²) in [6, 6.07) is 0.260. The van der Waals surface area contributed by atoms with Gasteiger partial charge in [-0.3, -0.25) is 0 Å². The van der Waals surface area contributed by atoms with E-state index in [0.29, 0.717) is 25.6 Å². The molecular weight excluding hydrogens is 296 g/mol. The van der Waals surface area contributed by atoms with E-state index in [0.717, 1.165) is 31.7 Å². The summed E-state index contributed by atoms with van der Waals surface area (Å²) in [5, 5.41) is 11.5. The van der Waals surface area contributed by atoms with E-state index in [9.17, 15) is 4.79 Å². The number of hydrogen-bond donors (Lipinski definition) is 1. The van der Waals surface area contributed by atoms with Gasteiger partial charge in [0, 0.05) is 32.2 Å². The zero-order valence-corrected chi connectivity index (χ0v) is 13.6. The number of piperidine rings is 1. The molecule has 23 heavy (non-hydrogen) atoms. The van der Waals surface area contributed by atoms with Gasteiger partial charge in [-0.2, -0.15) is 10.1 Å².